The summed E-state index contributed by atoms with van der Waals surface area (Å²) in [5, 5.41) is 9.14. The highest BCUT2D eigenvalue weighted by molar-refractivity contribution is 5.90. The van der Waals surface area contributed by atoms with E-state index in [1.807, 2.05) is 0 Å². The molecule has 1 aromatic heterocycles. The van der Waals surface area contributed by atoms with Crippen LogP contribution in [0.4, 0.5) is 0 Å². The topological polar surface area (TPSA) is 70.7 Å². The van der Waals surface area contributed by atoms with Gasteiger partial charge in [-0.15, -0.1) is 0 Å². The number of rotatable bonds is 4. The maximum Gasteiger partial charge on any atom is 0.288 e. The van der Waals surface area contributed by atoms with Crippen molar-refractivity contribution in [2.45, 2.75) is 39.0 Å². The van der Waals surface area contributed by atoms with Crippen LogP contribution < -0.4 is 5.32 Å². The molecule has 1 amide bonds. The quantitative estimate of drug-likeness (QED) is 0.836. The zero-order valence-electron chi connectivity index (χ0n) is 10.3. The summed E-state index contributed by atoms with van der Waals surface area (Å²) in [4.78, 5) is 15.5. The Morgan fingerprint density at radius 1 is 1.41 bits per heavy atom. The van der Waals surface area contributed by atoms with Crippen molar-refractivity contribution in [3.63, 3.8) is 0 Å². The second-order valence-electron chi connectivity index (χ2n) is 4.84. The predicted octanol–water partition coefficient (Wildman–Crippen LogP) is 1.75. The molecule has 1 heterocycles. The highest BCUT2D eigenvalue weighted by Crippen LogP contribution is 2.30. The summed E-state index contributed by atoms with van der Waals surface area (Å²) in [5.41, 5.74) is 0. The van der Waals surface area contributed by atoms with E-state index in [0.717, 1.165) is 12.5 Å². The molecule has 94 valence electrons. The molecular formula is C12H20N4O. The lowest BCUT2D eigenvalue weighted by atomic mass is 9.81. The molecule has 5 nitrogen and oxygen atoms in total. The summed E-state index contributed by atoms with van der Waals surface area (Å²) >= 11 is 0. The van der Waals surface area contributed by atoms with Crippen LogP contribution in [0.3, 0.4) is 0 Å². The van der Waals surface area contributed by atoms with Crippen molar-refractivity contribution < 1.29 is 4.79 Å². The summed E-state index contributed by atoms with van der Waals surface area (Å²) in [6, 6.07) is 0. The number of aromatic nitrogens is 3. The van der Waals surface area contributed by atoms with Gasteiger partial charge in [0.2, 0.25) is 5.82 Å². The summed E-state index contributed by atoms with van der Waals surface area (Å²) in [5.74, 6) is 1.67. The third-order valence-electron chi connectivity index (χ3n) is 3.73. The van der Waals surface area contributed by atoms with Crippen LogP contribution in [0, 0.1) is 11.8 Å². The molecule has 17 heavy (non-hydrogen) atoms. The van der Waals surface area contributed by atoms with Crippen molar-refractivity contribution in [2.75, 3.05) is 6.54 Å². The maximum absolute atomic E-state index is 11.6. The molecule has 1 aliphatic carbocycles. The van der Waals surface area contributed by atoms with Crippen LogP contribution >= 0.6 is 0 Å². The Balaban J connectivity index is 1.71. The Morgan fingerprint density at radius 3 is 2.71 bits per heavy atom. The van der Waals surface area contributed by atoms with Crippen LogP contribution in [-0.4, -0.2) is 27.6 Å². The number of carbonyl (C=O) groups excluding carboxylic acids is 1. The highest BCUT2D eigenvalue weighted by atomic mass is 16.2. The van der Waals surface area contributed by atoms with Gasteiger partial charge in [0.05, 0.1) is 0 Å². The lowest BCUT2D eigenvalue weighted by Crippen LogP contribution is -2.31. The second-order valence-corrected chi connectivity index (χ2v) is 4.84. The minimum absolute atomic E-state index is 0.153. The first-order chi connectivity index (χ1) is 8.29. The monoisotopic (exact) mass is 236 g/mol. The fraction of sp³-hybridized carbons (Fsp3) is 0.750. The van der Waals surface area contributed by atoms with E-state index in [1.54, 1.807) is 0 Å². The lowest BCUT2D eigenvalue weighted by molar-refractivity contribution is 0.0931. The third kappa shape index (κ3) is 3.28. The van der Waals surface area contributed by atoms with Crippen molar-refractivity contribution >= 4 is 5.91 Å². The molecule has 0 bridgehead atoms. The van der Waals surface area contributed by atoms with Crippen LogP contribution in [0.5, 0.6) is 0 Å². The van der Waals surface area contributed by atoms with Gasteiger partial charge in [-0.3, -0.25) is 9.89 Å². The first kappa shape index (κ1) is 12.1. The Kier molecular flexibility index (Phi) is 4.12. The molecule has 0 radical (unpaired) electrons. The number of hydrogen-bond acceptors (Lipinski definition) is 3. The zero-order valence-corrected chi connectivity index (χ0v) is 10.3. The number of aromatic amines is 1. The Labute approximate surface area is 101 Å². The van der Waals surface area contributed by atoms with Gasteiger partial charge in [0.1, 0.15) is 6.33 Å². The number of hydrogen-bond donors (Lipinski definition) is 2. The van der Waals surface area contributed by atoms with Gasteiger partial charge in [-0.25, -0.2) is 4.98 Å². The second kappa shape index (κ2) is 5.80. The van der Waals surface area contributed by atoms with Gasteiger partial charge in [-0.1, -0.05) is 26.2 Å². The third-order valence-corrected chi connectivity index (χ3v) is 3.73. The van der Waals surface area contributed by atoms with Gasteiger partial charge < -0.3 is 5.32 Å². The minimum Gasteiger partial charge on any atom is -0.349 e. The fourth-order valence-corrected chi connectivity index (χ4v) is 2.48. The van der Waals surface area contributed by atoms with E-state index in [-0.39, 0.29) is 5.91 Å². The van der Waals surface area contributed by atoms with Crippen LogP contribution in [0.25, 0.3) is 0 Å². The zero-order chi connectivity index (χ0) is 12.1. The maximum atomic E-state index is 11.6. The van der Waals surface area contributed by atoms with Crippen molar-refractivity contribution in [3.8, 4) is 0 Å². The summed E-state index contributed by atoms with van der Waals surface area (Å²) in [7, 11) is 0. The van der Waals surface area contributed by atoms with Crippen molar-refractivity contribution in [1.82, 2.24) is 20.5 Å². The molecule has 1 saturated carbocycles. The SMILES string of the molecule is CCC1CCC(CNC(=O)c2ncn[nH]2)CC1. The largest absolute Gasteiger partial charge is 0.349 e. The molecule has 0 saturated heterocycles. The molecule has 1 fully saturated rings. The van der Waals surface area contributed by atoms with Gasteiger partial charge in [0.25, 0.3) is 5.91 Å². The van der Waals surface area contributed by atoms with E-state index in [9.17, 15) is 4.79 Å². The van der Waals surface area contributed by atoms with Crippen molar-refractivity contribution in [2.24, 2.45) is 11.8 Å². The van der Waals surface area contributed by atoms with Gasteiger partial charge in [-0.2, -0.15) is 5.10 Å². The van der Waals surface area contributed by atoms with Gasteiger partial charge in [-0.05, 0) is 24.7 Å². The molecule has 0 spiro atoms. The van der Waals surface area contributed by atoms with E-state index in [2.05, 4.69) is 27.4 Å². The number of nitrogens with one attached hydrogen (secondary N) is 2. The molecule has 2 N–H and O–H groups in total. The van der Waals surface area contributed by atoms with E-state index in [0.29, 0.717) is 11.7 Å². The summed E-state index contributed by atoms with van der Waals surface area (Å²) in [6.07, 6.45) is 7.71. The molecular weight excluding hydrogens is 216 g/mol. The molecule has 0 unspecified atom stereocenters. The summed E-state index contributed by atoms with van der Waals surface area (Å²) < 4.78 is 0. The van der Waals surface area contributed by atoms with E-state index in [4.69, 9.17) is 0 Å². The van der Waals surface area contributed by atoms with Crippen LogP contribution in [-0.2, 0) is 0 Å². The molecule has 5 heteroatoms. The van der Waals surface area contributed by atoms with Crippen molar-refractivity contribution in [1.29, 1.82) is 0 Å². The van der Waals surface area contributed by atoms with Crippen LogP contribution in [0.2, 0.25) is 0 Å². The van der Waals surface area contributed by atoms with Gasteiger partial charge >= 0.3 is 0 Å². The lowest BCUT2D eigenvalue weighted by Gasteiger charge is -2.27. The molecule has 0 aromatic carbocycles. The molecule has 0 atom stereocenters. The van der Waals surface area contributed by atoms with Gasteiger partial charge in [0, 0.05) is 6.54 Å². The molecule has 2 rings (SSSR count). The van der Waals surface area contributed by atoms with Crippen LogP contribution in [0.15, 0.2) is 6.33 Å². The first-order valence-corrected chi connectivity index (χ1v) is 6.43. The number of H-pyrrole nitrogens is 1. The van der Waals surface area contributed by atoms with Crippen molar-refractivity contribution in [3.05, 3.63) is 12.2 Å². The highest BCUT2D eigenvalue weighted by Gasteiger charge is 2.20. The fourth-order valence-electron chi connectivity index (χ4n) is 2.48. The normalized spacial score (nSPS) is 24.5. The van der Waals surface area contributed by atoms with Crippen LogP contribution in [0.1, 0.15) is 49.6 Å². The summed E-state index contributed by atoms with van der Waals surface area (Å²) in [6.45, 7) is 3.02. The van der Waals surface area contributed by atoms with E-state index in [1.165, 1.54) is 38.4 Å². The smallest absolute Gasteiger partial charge is 0.288 e. The first-order valence-electron chi connectivity index (χ1n) is 6.43. The average molecular weight is 236 g/mol. The standard InChI is InChI=1S/C12H20N4O/c1-2-9-3-5-10(6-4-9)7-13-12(17)11-14-8-15-16-11/h8-10H,2-7H2,1H3,(H,13,17)(H,14,15,16). The molecule has 1 aliphatic rings. The van der Waals surface area contributed by atoms with Gasteiger partial charge in [0.15, 0.2) is 0 Å². The Bertz CT molecular complexity index is 341. The number of nitrogens with zero attached hydrogens (tertiary/aromatic N) is 2. The molecule has 0 aliphatic heterocycles. The predicted molar refractivity (Wildman–Crippen MR) is 64.5 cm³/mol. The minimum atomic E-state index is -0.153. The Morgan fingerprint density at radius 2 is 2.12 bits per heavy atom. The van der Waals surface area contributed by atoms with E-state index < -0.39 is 0 Å². The Hall–Kier alpha value is -1.39. The van der Waals surface area contributed by atoms with E-state index >= 15 is 0 Å². The number of amides is 1. The average Bonchev–Trinajstić information content (AvgIpc) is 2.90. The number of carbonyl (C=O) groups is 1. The molecule has 1 aromatic rings.